The lowest BCUT2D eigenvalue weighted by Crippen LogP contribution is -2.51. The molecule has 1 aliphatic heterocycles. The monoisotopic (exact) mass is 255 g/mol. The molecule has 0 bridgehead atoms. The van der Waals surface area contributed by atoms with Gasteiger partial charge < -0.3 is 5.73 Å². The highest BCUT2D eigenvalue weighted by Crippen LogP contribution is 2.22. The molecule has 1 heterocycles. The fourth-order valence-electron chi connectivity index (χ4n) is 1.97. The third-order valence-electron chi connectivity index (χ3n) is 2.89. The summed E-state index contributed by atoms with van der Waals surface area (Å²) in [7, 11) is -3.39. The SMILES string of the molecule is NCCC1CNS(=O)(=O)N(c2ccccc2)C1. The Hall–Kier alpha value is -1.11. The van der Waals surface area contributed by atoms with E-state index in [0.717, 1.165) is 6.42 Å². The lowest BCUT2D eigenvalue weighted by molar-refractivity contribution is 0.459. The molecule has 1 atom stereocenters. The van der Waals surface area contributed by atoms with Crippen LogP contribution in [-0.2, 0) is 10.2 Å². The predicted octanol–water partition coefficient (Wildman–Crippen LogP) is 0.306. The van der Waals surface area contributed by atoms with Gasteiger partial charge in [0.2, 0.25) is 0 Å². The van der Waals surface area contributed by atoms with Crippen LogP contribution in [0.15, 0.2) is 30.3 Å². The number of nitrogens with two attached hydrogens (primary N) is 1. The number of benzene rings is 1. The summed E-state index contributed by atoms with van der Waals surface area (Å²) in [4.78, 5) is 0. The Labute approximate surface area is 102 Å². The first-order valence-electron chi connectivity index (χ1n) is 5.66. The molecule has 94 valence electrons. The lowest BCUT2D eigenvalue weighted by atomic mass is 10.1. The molecule has 17 heavy (non-hydrogen) atoms. The zero-order chi connectivity index (χ0) is 12.3. The predicted molar refractivity (Wildman–Crippen MR) is 67.9 cm³/mol. The molecular formula is C11H17N3O2S. The van der Waals surface area contributed by atoms with Crippen molar-refractivity contribution < 1.29 is 8.42 Å². The smallest absolute Gasteiger partial charge is 0.301 e. The molecule has 0 aromatic heterocycles. The molecule has 1 saturated heterocycles. The van der Waals surface area contributed by atoms with Crippen LogP contribution in [-0.4, -0.2) is 28.1 Å². The van der Waals surface area contributed by atoms with Crippen LogP contribution in [0.5, 0.6) is 0 Å². The summed E-state index contributed by atoms with van der Waals surface area (Å²) in [5, 5.41) is 0. The van der Waals surface area contributed by atoms with Gasteiger partial charge in [-0.15, -0.1) is 0 Å². The van der Waals surface area contributed by atoms with Crippen molar-refractivity contribution in [3.63, 3.8) is 0 Å². The Morgan fingerprint density at radius 2 is 2.06 bits per heavy atom. The largest absolute Gasteiger partial charge is 0.330 e. The number of para-hydroxylation sites is 1. The minimum absolute atomic E-state index is 0.267. The van der Waals surface area contributed by atoms with Crippen LogP contribution in [0.3, 0.4) is 0 Å². The zero-order valence-corrected chi connectivity index (χ0v) is 10.4. The molecular weight excluding hydrogens is 238 g/mol. The van der Waals surface area contributed by atoms with Gasteiger partial charge in [-0.1, -0.05) is 18.2 Å². The minimum atomic E-state index is -3.39. The van der Waals surface area contributed by atoms with Gasteiger partial charge in [0.1, 0.15) is 0 Å². The van der Waals surface area contributed by atoms with Crippen LogP contribution in [0, 0.1) is 5.92 Å². The summed E-state index contributed by atoms with van der Waals surface area (Å²) in [5.41, 5.74) is 6.21. The Bertz CT molecular complexity index is 461. The molecule has 3 N–H and O–H groups in total. The topological polar surface area (TPSA) is 75.4 Å². The van der Waals surface area contributed by atoms with E-state index in [9.17, 15) is 8.42 Å². The van der Waals surface area contributed by atoms with Gasteiger partial charge in [-0.05, 0) is 31.0 Å². The molecule has 1 aromatic rings. The Kier molecular flexibility index (Phi) is 3.66. The number of hydrogen-bond acceptors (Lipinski definition) is 3. The van der Waals surface area contributed by atoms with Gasteiger partial charge in [0.15, 0.2) is 0 Å². The number of nitrogens with one attached hydrogen (secondary N) is 1. The third-order valence-corrected chi connectivity index (χ3v) is 4.36. The van der Waals surface area contributed by atoms with Gasteiger partial charge in [-0.3, -0.25) is 4.31 Å². The van der Waals surface area contributed by atoms with Crippen LogP contribution in [0.2, 0.25) is 0 Å². The summed E-state index contributed by atoms with van der Waals surface area (Å²) in [5.74, 6) is 0.267. The fourth-order valence-corrected chi connectivity index (χ4v) is 3.37. The van der Waals surface area contributed by atoms with Crippen molar-refractivity contribution >= 4 is 15.9 Å². The Morgan fingerprint density at radius 3 is 2.71 bits per heavy atom. The third kappa shape index (κ3) is 2.77. The molecule has 0 amide bonds. The van der Waals surface area contributed by atoms with Gasteiger partial charge in [0.05, 0.1) is 5.69 Å². The van der Waals surface area contributed by atoms with E-state index >= 15 is 0 Å². The number of hydrogen-bond donors (Lipinski definition) is 2. The van der Waals surface area contributed by atoms with Crippen molar-refractivity contribution in [1.29, 1.82) is 0 Å². The van der Waals surface area contributed by atoms with E-state index in [1.165, 1.54) is 4.31 Å². The highest BCUT2D eigenvalue weighted by Gasteiger charge is 2.30. The average Bonchev–Trinajstić information content (AvgIpc) is 2.33. The van der Waals surface area contributed by atoms with Crippen molar-refractivity contribution in [2.24, 2.45) is 11.7 Å². The van der Waals surface area contributed by atoms with Crippen LogP contribution < -0.4 is 14.8 Å². The van der Waals surface area contributed by atoms with E-state index in [-0.39, 0.29) is 5.92 Å². The van der Waals surface area contributed by atoms with Crippen molar-refractivity contribution in [3.8, 4) is 0 Å². The maximum atomic E-state index is 11.9. The van der Waals surface area contributed by atoms with Gasteiger partial charge in [-0.25, -0.2) is 0 Å². The zero-order valence-electron chi connectivity index (χ0n) is 9.54. The Morgan fingerprint density at radius 1 is 1.35 bits per heavy atom. The van der Waals surface area contributed by atoms with E-state index in [4.69, 9.17) is 5.73 Å². The maximum Gasteiger partial charge on any atom is 0.301 e. The van der Waals surface area contributed by atoms with Crippen molar-refractivity contribution in [1.82, 2.24) is 4.72 Å². The first kappa shape index (κ1) is 12.3. The number of nitrogens with zero attached hydrogens (tertiary/aromatic N) is 1. The summed E-state index contributed by atoms with van der Waals surface area (Å²) in [6, 6.07) is 9.12. The Balaban J connectivity index is 2.23. The minimum Gasteiger partial charge on any atom is -0.330 e. The van der Waals surface area contributed by atoms with Gasteiger partial charge in [0.25, 0.3) is 0 Å². The lowest BCUT2D eigenvalue weighted by Gasteiger charge is -2.33. The molecule has 5 nitrogen and oxygen atoms in total. The van der Waals surface area contributed by atoms with Gasteiger partial charge >= 0.3 is 10.2 Å². The van der Waals surface area contributed by atoms with Gasteiger partial charge in [-0.2, -0.15) is 13.1 Å². The molecule has 1 aromatic carbocycles. The normalized spacial score (nSPS) is 23.6. The van der Waals surface area contributed by atoms with E-state index in [1.807, 2.05) is 18.2 Å². The molecule has 0 aliphatic carbocycles. The van der Waals surface area contributed by atoms with Crippen LogP contribution in [0.4, 0.5) is 5.69 Å². The second-order valence-electron chi connectivity index (χ2n) is 4.16. The molecule has 0 saturated carbocycles. The van der Waals surface area contributed by atoms with Crippen LogP contribution >= 0.6 is 0 Å². The quantitative estimate of drug-likeness (QED) is 0.816. The molecule has 0 spiro atoms. The molecule has 2 rings (SSSR count). The maximum absolute atomic E-state index is 11.9. The van der Waals surface area contributed by atoms with E-state index in [1.54, 1.807) is 12.1 Å². The molecule has 1 fully saturated rings. The fraction of sp³-hybridized carbons (Fsp3) is 0.455. The second-order valence-corrected chi connectivity index (χ2v) is 5.84. The van der Waals surface area contributed by atoms with Crippen molar-refractivity contribution in [2.45, 2.75) is 6.42 Å². The molecule has 6 heteroatoms. The van der Waals surface area contributed by atoms with E-state index in [2.05, 4.69) is 4.72 Å². The average molecular weight is 255 g/mol. The first-order valence-corrected chi connectivity index (χ1v) is 7.10. The summed E-state index contributed by atoms with van der Waals surface area (Å²) < 4.78 is 27.8. The summed E-state index contributed by atoms with van der Waals surface area (Å²) in [6.45, 7) is 1.55. The highest BCUT2D eigenvalue weighted by atomic mass is 32.2. The first-order chi connectivity index (χ1) is 8.13. The van der Waals surface area contributed by atoms with Crippen molar-refractivity contribution in [2.75, 3.05) is 23.9 Å². The van der Waals surface area contributed by atoms with Crippen LogP contribution in [0.1, 0.15) is 6.42 Å². The van der Waals surface area contributed by atoms with E-state index < -0.39 is 10.2 Å². The number of rotatable bonds is 3. The van der Waals surface area contributed by atoms with Crippen LogP contribution in [0.25, 0.3) is 0 Å². The van der Waals surface area contributed by atoms with Gasteiger partial charge in [0, 0.05) is 13.1 Å². The van der Waals surface area contributed by atoms with E-state index in [0.29, 0.717) is 25.3 Å². The summed E-state index contributed by atoms with van der Waals surface area (Å²) >= 11 is 0. The molecule has 1 unspecified atom stereocenters. The molecule has 0 radical (unpaired) electrons. The standard InChI is InChI=1S/C11H17N3O2S/c12-7-6-10-8-13-17(15,16)14(9-10)11-4-2-1-3-5-11/h1-5,10,13H,6-9,12H2. The molecule has 1 aliphatic rings. The van der Waals surface area contributed by atoms with Crippen molar-refractivity contribution in [3.05, 3.63) is 30.3 Å². The number of anilines is 1. The highest BCUT2D eigenvalue weighted by molar-refractivity contribution is 7.90. The second kappa shape index (κ2) is 5.03. The summed E-state index contributed by atoms with van der Waals surface area (Å²) in [6.07, 6.45) is 0.825.